The Bertz CT molecular complexity index is 802. The molecule has 0 amide bonds. The van der Waals surface area contributed by atoms with E-state index < -0.39 is 0 Å². The van der Waals surface area contributed by atoms with Crippen molar-refractivity contribution in [1.82, 2.24) is 14.5 Å². The van der Waals surface area contributed by atoms with E-state index in [1.54, 1.807) is 4.57 Å². The fourth-order valence-corrected chi connectivity index (χ4v) is 4.02. The number of rotatable bonds is 4. The molecule has 2 aliphatic heterocycles. The third-order valence-corrected chi connectivity index (χ3v) is 5.72. The molecule has 0 bridgehead atoms. The molecular formula is C21H29N5O. The first-order valence-electron chi connectivity index (χ1n) is 10.1. The minimum Gasteiger partial charge on any atom is -0.356 e. The zero-order valence-electron chi connectivity index (χ0n) is 15.9. The molecule has 2 N–H and O–H groups in total. The highest BCUT2D eigenvalue weighted by Gasteiger charge is 2.16. The van der Waals surface area contributed by atoms with E-state index >= 15 is 0 Å². The van der Waals surface area contributed by atoms with Gasteiger partial charge in [0.15, 0.2) is 0 Å². The highest BCUT2D eigenvalue weighted by atomic mass is 16.1. The summed E-state index contributed by atoms with van der Waals surface area (Å²) in [7, 11) is 0. The fraction of sp³-hybridized carbons (Fsp3) is 0.524. The summed E-state index contributed by atoms with van der Waals surface area (Å²) in [5.41, 5.74) is 7.89. The third-order valence-electron chi connectivity index (χ3n) is 5.72. The number of piperidine rings is 2. The number of benzene rings is 1. The Kier molecular flexibility index (Phi) is 5.55. The highest BCUT2D eigenvalue weighted by Crippen LogP contribution is 2.17. The predicted octanol–water partition coefficient (Wildman–Crippen LogP) is 2.15. The van der Waals surface area contributed by atoms with Gasteiger partial charge >= 0.3 is 5.69 Å². The Morgan fingerprint density at radius 3 is 2.33 bits per heavy atom. The molecule has 0 atom stereocenters. The van der Waals surface area contributed by atoms with Crippen molar-refractivity contribution in [3.05, 3.63) is 52.6 Å². The summed E-state index contributed by atoms with van der Waals surface area (Å²) in [5, 5.41) is 0. The monoisotopic (exact) mass is 367 g/mol. The number of nitrogens with two attached hydrogens (primary N) is 1. The van der Waals surface area contributed by atoms with Gasteiger partial charge in [-0.05, 0) is 69.0 Å². The summed E-state index contributed by atoms with van der Waals surface area (Å²) >= 11 is 0. The van der Waals surface area contributed by atoms with Crippen LogP contribution in [-0.4, -0.2) is 46.7 Å². The molecule has 0 unspecified atom stereocenters. The summed E-state index contributed by atoms with van der Waals surface area (Å²) in [5.74, 6) is 0.802. The van der Waals surface area contributed by atoms with E-state index in [0.29, 0.717) is 6.04 Å². The van der Waals surface area contributed by atoms with Gasteiger partial charge in [-0.15, -0.1) is 0 Å². The van der Waals surface area contributed by atoms with Crippen LogP contribution in [-0.2, 0) is 6.54 Å². The first-order chi connectivity index (χ1) is 13.2. The molecule has 1 aromatic carbocycles. The number of hydrogen-bond donors (Lipinski definition) is 1. The second kappa shape index (κ2) is 8.23. The van der Waals surface area contributed by atoms with E-state index in [0.717, 1.165) is 57.1 Å². The molecule has 0 radical (unpaired) electrons. The Labute approximate surface area is 160 Å². The van der Waals surface area contributed by atoms with Crippen LogP contribution in [0.1, 0.15) is 37.7 Å². The van der Waals surface area contributed by atoms with Crippen molar-refractivity contribution in [3.63, 3.8) is 0 Å². The molecule has 1 aromatic heterocycles. The molecule has 2 aromatic rings. The molecule has 0 saturated carbocycles. The molecule has 0 spiro atoms. The summed E-state index contributed by atoms with van der Waals surface area (Å²) in [6.45, 7) is 5.04. The van der Waals surface area contributed by atoms with Crippen molar-refractivity contribution in [2.75, 3.05) is 31.1 Å². The summed E-state index contributed by atoms with van der Waals surface area (Å²) in [4.78, 5) is 21.5. The van der Waals surface area contributed by atoms with Crippen LogP contribution in [0.3, 0.4) is 0 Å². The molecule has 0 aliphatic carbocycles. The molecule has 3 heterocycles. The van der Waals surface area contributed by atoms with Gasteiger partial charge in [0.05, 0.1) is 5.69 Å². The maximum Gasteiger partial charge on any atom is 0.354 e. The minimum atomic E-state index is -0.212. The SMILES string of the molecule is NC1CCN(Cc2ccc(-n3ccc(N4CCCCC4)nc3=O)cc2)CC1. The lowest BCUT2D eigenvalue weighted by atomic mass is 10.1. The first-order valence-corrected chi connectivity index (χ1v) is 10.1. The average molecular weight is 367 g/mol. The van der Waals surface area contributed by atoms with E-state index in [2.05, 4.69) is 26.9 Å². The fourth-order valence-electron chi connectivity index (χ4n) is 4.02. The lowest BCUT2D eigenvalue weighted by Crippen LogP contribution is -2.39. The standard InChI is InChI=1S/C21H29N5O/c22-18-8-13-24(14-9-18)16-17-4-6-19(7-5-17)26-15-10-20(23-21(26)27)25-11-2-1-3-12-25/h4-7,10,15,18H,1-3,8-9,11-14,16,22H2. The molecular weight excluding hydrogens is 338 g/mol. The lowest BCUT2D eigenvalue weighted by molar-refractivity contribution is 0.205. The van der Waals surface area contributed by atoms with E-state index in [9.17, 15) is 4.79 Å². The second-order valence-electron chi connectivity index (χ2n) is 7.77. The van der Waals surface area contributed by atoms with Crippen LogP contribution < -0.4 is 16.3 Å². The van der Waals surface area contributed by atoms with E-state index in [4.69, 9.17) is 5.73 Å². The van der Waals surface area contributed by atoms with Crippen molar-refractivity contribution in [1.29, 1.82) is 0 Å². The Morgan fingerprint density at radius 1 is 0.963 bits per heavy atom. The Balaban J connectivity index is 1.44. The second-order valence-corrected chi connectivity index (χ2v) is 7.77. The van der Waals surface area contributed by atoms with Crippen LogP contribution in [0.4, 0.5) is 5.82 Å². The van der Waals surface area contributed by atoms with Crippen LogP contribution in [0.2, 0.25) is 0 Å². The van der Waals surface area contributed by atoms with Gasteiger partial charge in [0, 0.05) is 31.9 Å². The predicted molar refractivity (Wildman–Crippen MR) is 108 cm³/mol. The maximum atomic E-state index is 12.5. The van der Waals surface area contributed by atoms with Crippen LogP contribution in [0, 0.1) is 0 Å². The minimum absolute atomic E-state index is 0.212. The molecule has 2 saturated heterocycles. The van der Waals surface area contributed by atoms with Crippen LogP contribution in [0.5, 0.6) is 0 Å². The number of aromatic nitrogens is 2. The van der Waals surface area contributed by atoms with Crippen molar-refractivity contribution in [2.24, 2.45) is 5.73 Å². The van der Waals surface area contributed by atoms with Crippen LogP contribution >= 0.6 is 0 Å². The highest BCUT2D eigenvalue weighted by molar-refractivity contribution is 5.40. The third kappa shape index (κ3) is 4.39. The molecule has 2 fully saturated rings. The zero-order chi connectivity index (χ0) is 18.6. The molecule has 27 heavy (non-hydrogen) atoms. The topological polar surface area (TPSA) is 67.4 Å². The van der Waals surface area contributed by atoms with Crippen molar-refractivity contribution in [3.8, 4) is 5.69 Å². The van der Waals surface area contributed by atoms with Crippen LogP contribution in [0.15, 0.2) is 41.3 Å². The number of nitrogens with zero attached hydrogens (tertiary/aromatic N) is 4. The number of anilines is 1. The van der Waals surface area contributed by atoms with E-state index in [1.165, 1.54) is 24.8 Å². The van der Waals surface area contributed by atoms with Gasteiger partial charge in [-0.2, -0.15) is 4.98 Å². The summed E-state index contributed by atoms with van der Waals surface area (Å²) < 4.78 is 1.62. The normalized spacial score (nSPS) is 19.4. The molecule has 6 heteroatoms. The summed E-state index contributed by atoms with van der Waals surface area (Å²) in [6.07, 6.45) is 7.61. The first kappa shape index (κ1) is 18.2. The van der Waals surface area contributed by atoms with Gasteiger partial charge in [-0.1, -0.05) is 12.1 Å². The van der Waals surface area contributed by atoms with Gasteiger partial charge < -0.3 is 10.6 Å². The average Bonchev–Trinajstić information content (AvgIpc) is 2.71. The molecule has 4 rings (SSSR count). The maximum absolute atomic E-state index is 12.5. The van der Waals surface area contributed by atoms with E-state index in [-0.39, 0.29) is 5.69 Å². The van der Waals surface area contributed by atoms with Gasteiger partial charge in [-0.25, -0.2) is 4.79 Å². The van der Waals surface area contributed by atoms with Crippen molar-refractivity contribution >= 4 is 5.82 Å². The molecule has 144 valence electrons. The zero-order valence-corrected chi connectivity index (χ0v) is 15.9. The quantitative estimate of drug-likeness (QED) is 0.897. The van der Waals surface area contributed by atoms with Gasteiger partial charge in [-0.3, -0.25) is 9.47 Å². The molecule has 2 aliphatic rings. The Morgan fingerprint density at radius 2 is 1.67 bits per heavy atom. The Hall–Kier alpha value is -2.18. The van der Waals surface area contributed by atoms with Crippen LogP contribution in [0.25, 0.3) is 5.69 Å². The van der Waals surface area contributed by atoms with Gasteiger partial charge in [0.1, 0.15) is 5.82 Å². The van der Waals surface area contributed by atoms with Crippen molar-refractivity contribution in [2.45, 2.75) is 44.7 Å². The van der Waals surface area contributed by atoms with Gasteiger partial charge in [0.25, 0.3) is 0 Å². The smallest absolute Gasteiger partial charge is 0.354 e. The number of hydrogen-bond acceptors (Lipinski definition) is 5. The number of likely N-dealkylation sites (tertiary alicyclic amines) is 1. The lowest BCUT2D eigenvalue weighted by Gasteiger charge is -2.30. The van der Waals surface area contributed by atoms with Gasteiger partial charge in [0.2, 0.25) is 0 Å². The largest absolute Gasteiger partial charge is 0.356 e. The summed E-state index contributed by atoms with van der Waals surface area (Å²) in [6, 6.07) is 10.5. The van der Waals surface area contributed by atoms with E-state index in [1.807, 2.05) is 24.4 Å². The molecule has 6 nitrogen and oxygen atoms in total. The van der Waals surface area contributed by atoms with Crippen molar-refractivity contribution < 1.29 is 0 Å².